The quantitative estimate of drug-likeness (QED) is 0.800. The second kappa shape index (κ2) is 7.11. The first kappa shape index (κ1) is 16.1. The van der Waals surface area contributed by atoms with Gasteiger partial charge >= 0.3 is 12.1 Å². The topological polar surface area (TPSA) is 73.5 Å². The van der Waals surface area contributed by atoms with Crippen LogP contribution >= 0.6 is 0 Å². The van der Waals surface area contributed by atoms with E-state index in [2.05, 4.69) is 16.0 Å². The summed E-state index contributed by atoms with van der Waals surface area (Å²) in [6.45, 7) is 4.90. The molecule has 1 aromatic carbocycles. The molecule has 1 saturated heterocycles. The zero-order chi connectivity index (χ0) is 16.1. The van der Waals surface area contributed by atoms with Crippen LogP contribution in [0, 0.1) is 5.82 Å². The molecular weight excluding hydrogens is 287 g/mol. The molecule has 0 unspecified atom stereocenters. The highest BCUT2D eigenvalue weighted by atomic mass is 19.1. The highest BCUT2D eigenvalue weighted by molar-refractivity contribution is 5.89. The van der Waals surface area contributed by atoms with Gasteiger partial charge in [0.15, 0.2) is 0 Å². The number of halogens is 1. The minimum absolute atomic E-state index is 0.0845. The molecule has 0 radical (unpaired) electrons. The molecule has 0 bridgehead atoms. The van der Waals surface area contributed by atoms with Crippen LogP contribution in [0.25, 0.3) is 0 Å². The van der Waals surface area contributed by atoms with E-state index in [0.717, 1.165) is 0 Å². The molecule has 2 rings (SSSR count). The molecule has 1 atom stereocenters. The SMILES string of the molecule is CC(C)NC(=O)N1CC[C@H](NC(=O)Nc2ccc(F)cc2)C1. The van der Waals surface area contributed by atoms with Crippen LogP contribution in [-0.4, -0.2) is 42.1 Å². The predicted octanol–water partition coefficient (Wildman–Crippen LogP) is 2.14. The van der Waals surface area contributed by atoms with Gasteiger partial charge in [-0.25, -0.2) is 14.0 Å². The molecule has 0 saturated carbocycles. The standard InChI is InChI=1S/C15H21FN4O2/c1-10(2)17-15(22)20-8-7-13(9-20)19-14(21)18-12-5-3-11(16)4-6-12/h3-6,10,13H,7-9H2,1-2H3,(H,17,22)(H2,18,19,21)/t13-/m0/s1. The van der Waals surface area contributed by atoms with E-state index in [4.69, 9.17) is 0 Å². The van der Waals surface area contributed by atoms with Crippen molar-refractivity contribution in [3.05, 3.63) is 30.1 Å². The molecule has 1 heterocycles. The lowest BCUT2D eigenvalue weighted by molar-refractivity contribution is 0.204. The zero-order valence-corrected chi connectivity index (χ0v) is 12.7. The Balaban J connectivity index is 1.78. The second-order valence-corrected chi connectivity index (χ2v) is 5.64. The number of hydrogen-bond acceptors (Lipinski definition) is 2. The van der Waals surface area contributed by atoms with Gasteiger partial charge in [-0.1, -0.05) is 0 Å². The fraction of sp³-hybridized carbons (Fsp3) is 0.467. The molecule has 0 spiro atoms. The van der Waals surface area contributed by atoms with Gasteiger partial charge in [0.25, 0.3) is 0 Å². The molecule has 22 heavy (non-hydrogen) atoms. The average Bonchev–Trinajstić information content (AvgIpc) is 2.89. The number of anilines is 1. The number of carbonyl (C=O) groups is 2. The first-order valence-electron chi connectivity index (χ1n) is 7.32. The summed E-state index contributed by atoms with van der Waals surface area (Å²) in [5.74, 6) is -0.353. The first-order valence-corrected chi connectivity index (χ1v) is 7.32. The van der Waals surface area contributed by atoms with Gasteiger partial charge in [-0.3, -0.25) is 0 Å². The van der Waals surface area contributed by atoms with E-state index in [1.807, 2.05) is 13.8 Å². The van der Waals surface area contributed by atoms with E-state index >= 15 is 0 Å². The van der Waals surface area contributed by atoms with Crippen molar-refractivity contribution in [3.8, 4) is 0 Å². The van der Waals surface area contributed by atoms with Crippen LogP contribution in [0.2, 0.25) is 0 Å². The molecule has 1 aromatic rings. The van der Waals surface area contributed by atoms with Crippen molar-refractivity contribution in [3.63, 3.8) is 0 Å². The molecule has 120 valence electrons. The number of nitrogens with one attached hydrogen (secondary N) is 3. The van der Waals surface area contributed by atoms with Crippen molar-refractivity contribution in [2.45, 2.75) is 32.4 Å². The third-order valence-corrected chi connectivity index (χ3v) is 3.32. The van der Waals surface area contributed by atoms with Gasteiger partial charge in [-0.05, 0) is 44.5 Å². The second-order valence-electron chi connectivity index (χ2n) is 5.64. The van der Waals surface area contributed by atoms with Gasteiger partial charge in [0.1, 0.15) is 5.82 Å². The summed E-state index contributed by atoms with van der Waals surface area (Å²) in [6, 6.07) is 5.07. The Bertz CT molecular complexity index is 533. The number of hydrogen-bond donors (Lipinski definition) is 3. The lowest BCUT2D eigenvalue weighted by Gasteiger charge is -2.19. The van der Waals surface area contributed by atoms with E-state index in [0.29, 0.717) is 25.2 Å². The molecular formula is C15H21FN4O2. The number of rotatable bonds is 3. The molecule has 4 amide bonds. The van der Waals surface area contributed by atoms with Crippen molar-refractivity contribution < 1.29 is 14.0 Å². The van der Waals surface area contributed by atoms with Gasteiger partial charge in [0.05, 0.1) is 0 Å². The van der Waals surface area contributed by atoms with Crippen LogP contribution in [0.5, 0.6) is 0 Å². The maximum Gasteiger partial charge on any atom is 0.319 e. The number of nitrogens with zero attached hydrogens (tertiary/aromatic N) is 1. The third-order valence-electron chi connectivity index (χ3n) is 3.32. The van der Waals surface area contributed by atoms with Crippen LogP contribution in [0.1, 0.15) is 20.3 Å². The van der Waals surface area contributed by atoms with E-state index < -0.39 is 0 Å². The molecule has 1 aliphatic rings. The lowest BCUT2D eigenvalue weighted by Crippen LogP contribution is -2.44. The van der Waals surface area contributed by atoms with Crippen LogP contribution in [0.3, 0.4) is 0 Å². The highest BCUT2D eigenvalue weighted by Gasteiger charge is 2.27. The summed E-state index contributed by atoms with van der Waals surface area (Å²) in [7, 11) is 0. The van der Waals surface area contributed by atoms with Crippen molar-refractivity contribution in [2.24, 2.45) is 0 Å². The highest BCUT2D eigenvalue weighted by Crippen LogP contribution is 2.11. The third kappa shape index (κ3) is 4.61. The molecule has 7 heteroatoms. The Hall–Kier alpha value is -2.31. The Kier molecular flexibility index (Phi) is 5.19. The van der Waals surface area contributed by atoms with E-state index in [1.54, 1.807) is 4.90 Å². The fourth-order valence-corrected chi connectivity index (χ4v) is 2.29. The Morgan fingerprint density at radius 1 is 1.27 bits per heavy atom. The summed E-state index contributed by atoms with van der Waals surface area (Å²) in [4.78, 5) is 25.4. The van der Waals surface area contributed by atoms with Crippen LogP contribution in [0.15, 0.2) is 24.3 Å². The molecule has 1 fully saturated rings. The minimum Gasteiger partial charge on any atom is -0.336 e. The number of carbonyl (C=O) groups excluding carboxylic acids is 2. The molecule has 0 aliphatic carbocycles. The number of benzene rings is 1. The predicted molar refractivity (Wildman–Crippen MR) is 82.2 cm³/mol. The summed E-state index contributed by atoms with van der Waals surface area (Å²) in [6.07, 6.45) is 0.711. The summed E-state index contributed by atoms with van der Waals surface area (Å²) in [5, 5.41) is 8.28. The first-order chi connectivity index (χ1) is 10.4. The largest absolute Gasteiger partial charge is 0.336 e. The van der Waals surface area contributed by atoms with Crippen molar-refractivity contribution in [1.29, 1.82) is 0 Å². The van der Waals surface area contributed by atoms with Crippen LogP contribution in [0.4, 0.5) is 19.7 Å². The summed E-state index contributed by atoms with van der Waals surface area (Å²) in [5.41, 5.74) is 0.520. The van der Waals surface area contributed by atoms with Gasteiger partial charge in [-0.15, -0.1) is 0 Å². The lowest BCUT2D eigenvalue weighted by atomic mass is 10.3. The summed E-state index contributed by atoms with van der Waals surface area (Å²) >= 11 is 0. The molecule has 3 N–H and O–H groups in total. The van der Waals surface area contributed by atoms with E-state index in [9.17, 15) is 14.0 Å². The fourth-order valence-electron chi connectivity index (χ4n) is 2.29. The van der Waals surface area contributed by atoms with Gasteiger partial charge in [0, 0.05) is 30.9 Å². The van der Waals surface area contributed by atoms with Crippen molar-refractivity contribution in [2.75, 3.05) is 18.4 Å². The van der Waals surface area contributed by atoms with Crippen molar-refractivity contribution >= 4 is 17.7 Å². The maximum absolute atomic E-state index is 12.8. The molecule has 1 aliphatic heterocycles. The normalized spacial score (nSPS) is 17.5. The number of likely N-dealkylation sites (tertiary alicyclic amines) is 1. The van der Waals surface area contributed by atoms with Crippen LogP contribution < -0.4 is 16.0 Å². The Morgan fingerprint density at radius 2 is 1.95 bits per heavy atom. The zero-order valence-electron chi connectivity index (χ0n) is 12.7. The Labute approximate surface area is 129 Å². The molecule has 0 aromatic heterocycles. The molecule has 6 nitrogen and oxygen atoms in total. The monoisotopic (exact) mass is 308 g/mol. The van der Waals surface area contributed by atoms with Gasteiger partial charge in [-0.2, -0.15) is 0 Å². The summed E-state index contributed by atoms with van der Waals surface area (Å²) < 4.78 is 12.8. The van der Waals surface area contributed by atoms with E-state index in [-0.39, 0.29) is 30.0 Å². The maximum atomic E-state index is 12.8. The number of urea groups is 2. The van der Waals surface area contributed by atoms with Gasteiger partial charge in [0.2, 0.25) is 0 Å². The average molecular weight is 308 g/mol. The minimum atomic E-state index is -0.359. The smallest absolute Gasteiger partial charge is 0.319 e. The van der Waals surface area contributed by atoms with Crippen molar-refractivity contribution in [1.82, 2.24) is 15.5 Å². The van der Waals surface area contributed by atoms with E-state index in [1.165, 1.54) is 24.3 Å². The number of amides is 4. The Morgan fingerprint density at radius 3 is 2.59 bits per heavy atom. The van der Waals surface area contributed by atoms with Gasteiger partial charge < -0.3 is 20.9 Å². The van der Waals surface area contributed by atoms with Crippen LogP contribution in [-0.2, 0) is 0 Å².